The maximum atomic E-state index is 12.8. The van der Waals surface area contributed by atoms with Crippen LogP contribution in [0.2, 0.25) is 0 Å². The fraction of sp³-hybridized carbons (Fsp3) is 0.333. The number of thioether (sulfide) groups is 2. The molecule has 1 aliphatic rings. The Labute approximate surface area is 301 Å². The lowest BCUT2D eigenvalue weighted by molar-refractivity contribution is -0.311. The maximum Gasteiger partial charge on any atom is 0.311 e. The van der Waals surface area contributed by atoms with Crippen molar-refractivity contribution in [1.82, 2.24) is 0 Å². The highest BCUT2D eigenvalue weighted by Gasteiger charge is 2.18. The summed E-state index contributed by atoms with van der Waals surface area (Å²) in [5, 5.41) is 4.57. The first kappa shape index (κ1) is 34.3. The minimum Gasteiger partial charge on any atom is -0.426 e. The van der Waals surface area contributed by atoms with Gasteiger partial charge >= 0.3 is 11.9 Å². The molecule has 50 heavy (non-hydrogen) atoms. The topological polar surface area (TPSA) is 80.9 Å². The van der Waals surface area contributed by atoms with Crippen LogP contribution in [-0.4, -0.2) is 23.4 Å². The molecule has 3 heterocycles. The van der Waals surface area contributed by atoms with Gasteiger partial charge in [-0.1, -0.05) is 62.8 Å². The van der Waals surface area contributed by atoms with Crippen molar-refractivity contribution >= 4 is 79.1 Å². The number of pyridine rings is 2. The Morgan fingerprint density at radius 3 is 1.32 bits per heavy atom. The van der Waals surface area contributed by atoms with Crippen LogP contribution in [-0.2, 0) is 9.59 Å². The van der Waals surface area contributed by atoms with Crippen LogP contribution in [0.15, 0.2) is 94.7 Å². The first-order chi connectivity index (χ1) is 24.6. The molecule has 4 bridgehead atoms. The van der Waals surface area contributed by atoms with Gasteiger partial charge in [0, 0.05) is 46.9 Å². The molecular weight excluding hydrogens is 661 g/mol. The number of para-hydroxylation sites is 2. The number of fused-ring (bicyclic) bond motifs is 6. The van der Waals surface area contributed by atoms with E-state index in [1.54, 1.807) is 0 Å². The molecule has 2 aromatic heterocycles. The zero-order valence-corrected chi connectivity index (χ0v) is 30.1. The third-order valence-corrected chi connectivity index (χ3v) is 11.8. The molecule has 0 spiro atoms. The highest BCUT2D eigenvalue weighted by atomic mass is 32.2. The Morgan fingerprint density at radius 1 is 0.440 bits per heavy atom. The van der Waals surface area contributed by atoms with Crippen molar-refractivity contribution in [2.45, 2.75) is 86.8 Å². The number of hydrogen-bond donors (Lipinski definition) is 0. The fourth-order valence-electron chi connectivity index (χ4n) is 6.76. The second-order valence-corrected chi connectivity index (χ2v) is 15.3. The van der Waals surface area contributed by atoms with Crippen LogP contribution < -0.4 is 19.4 Å². The van der Waals surface area contributed by atoms with E-state index in [-0.39, 0.29) is 11.9 Å². The molecular formula is C42H44N2O4S2+2. The fourth-order valence-corrected chi connectivity index (χ4v) is 9.18. The molecule has 8 heteroatoms. The average molecular weight is 705 g/mol. The summed E-state index contributed by atoms with van der Waals surface area (Å²) < 4.78 is 11.6. The molecule has 256 valence electrons. The second-order valence-electron chi connectivity index (χ2n) is 13.1. The average Bonchev–Trinajstić information content (AvgIpc) is 3.13. The van der Waals surface area contributed by atoms with E-state index in [0.29, 0.717) is 24.3 Å². The summed E-state index contributed by atoms with van der Waals surface area (Å²) in [6.07, 6.45) is 11.0. The molecule has 0 amide bonds. The van der Waals surface area contributed by atoms with Gasteiger partial charge in [-0.3, -0.25) is 9.59 Å². The number of hydrogen-bond acceptors (Lipinski definition) is 6. The molecule has 0 aliphatic carbocycles. The minimum atomic E-state index is -0.227. The lowest BCUT2D eigenvalue weighted by Gasteiger charge is -2.10. The maximum absolute atomic E-state index is 12.8. The minimum absolute atomic E-state index is 0.227. The number of benzene rings is 4. The SMILES string of the molecule is O=C1CCCCCCC(=O)Oc2ccc3[nH+]c4ccccc4c(c3c2)SCCCCCCCCSc2c3ccccc3[nH+]c3ccc(cc23)O1. The number of H-pyrrole nitrogens is 2. The molecule has 4 aromatic carbocycles. The highest BCUT2D eigenvalue weighted by molar-refractivity contribution is 8.00. The molecule has 0 saturated heterocycles. The summed E-state index contributed by atoms with van der Waals surface area (Å²) in [5.74, 6) is 2.80. The summed E-state index contributed by atoms with van der Waals surface area (Å²) >= 11 is 3.81. The lowest BCUT2D eigenvalue weighted by Crippen LogP contribution is -2.10. The zero-order valence-electron chi connectivity index (χ0n) is 28.4. The van der Waals surface area contributed by atoms with Gasteiger partial charge in [0.25, 0.3) is 0 Å². The van der Waals surface area contributed by atoms with Gasteiger partial charge < -0.3 is 9.47 Å². The zero-order chi connectivity index (χ0) is 34.1. The molecule has 0 fully saturated rings. The molecule has 6 nitrogen and oxygen atoms in total. The van der Waals surface area contributed by atoms with E-state index < -0.39 is 0 Å². The van der Waals surface area contributed by atoms with Gasteiger partial charge in [0.1, 0.15) is 11.5 Å². The Morgan fingerprint density at radius 2 is 0.840 bits per heavy atom. The van der Waals surface area contributed by atoms with E-state index in [1.165, 1.54) is 46.2 Å². The van der Waals surface area contributed by atoms with E-state index >= 15 is 0 Å². The van der Waals surface area contributed by atoms with Crippen molar-refractivity contribution in [3.63, 3.8) is 0 Å². The van der Waals surface area contributed by atoms with E-state index in [9.17, 15) is 9.59 Å². The molecule has 7 rings (SSSR count). The number of aromatic amines is 2. The predicted molar refractivity (Wildman–Crippen MR) is 204 cm³/mol. The highest BCUT2D eigenvalue weighted by Crippen LogP contribution is 2.37. The Balaban J connectivity index is 1.06. The van der Waals surface area contributed by atoms with Crippen LogP contribution in [0.1, 0.15) is 77.0 Å². The molecule has 0 atom stereocenters. The summed E-state index contributed by atoms with van der Waals surface area (Å²) in [6, 6.07) is 28.7. The van der Waals surface area contributed by atoms with Crippen molar-refractivity contribution in [2.24, 2.45) is 0 Å². The van der Waals surface area contributed by atoms with Crippen LogP contribution in [0, 0.1) is 0 Å². The Bertz CT molecular complexity index is 2000. The number of carbonyl (C=O) groups is 2. The molecule has 0 saturated carbocycles. The van der Waals surface area contributed by atoms with Crippen LogP contribution in [0.4, 0.5) is 0 Å². The summed E-state index contributed by atoms with van der Waals surface area (Å²) in [4.78, 5) is 35.2. The van der Waals surface area contributed by atoms with Crippen molar-refractivity contribution in [1.29, 1.82) is 0 Å². The molecule has 1 aliphatic heterocycles. The summed E-state index contributed by atoms with van der Waals surface area (Å²) in [7, 11) is 0. The summed E-state index contributed by atoms with van der Waals surface area (Å²) in [5.41, 5.74) is 4.30. The number of rotatable bonds is 0. The summed E-state index contributed by atoms with van der Waals surface area (Å²) in [6.45, 7) is 0. The molecule has 2 N–H and O–H groups in total. The number of carbonyl (C=O) groups excluding carboxylic acids is 2. The Hall–Kier alpha value is -4.14. The normalized spacial score (nSPS) is 16.7. The van der Waals surface area contributed by atoms with Gasteiger partial charge in [0.05, 0.1) is 21.5 Å². The van der Waals surface area contributed by atoms with Gasteiger partial charge in [-0.2, -0.15) is 0 Å². The monoisotopic (exact) mass is 704 g/mol. The quantitative estimate of drug-likeness (QED) is 0.0890. The molecule has 0 unspecified atom stereocenters. The smallest absolute Gasteiger partial charge is 0.311 e. The van der Waals surface area contributed by atoms with Crippen LogP contribution in [0.3, 0.4) is 0 Å². The first-order valence-corrected chi connectivity index (χ1v) is 20.0. The van der Waals surface area contributed by atoms with E-state index in [4.69, 9.17) is 9.47 Å². The van der Waals surface area contributed by atoms with E-state index in [2.05, 4.69) is 58.5 Å². The van der Waals surface area contributed by atoms with Crippen molar-refractivity contribution < 1.29 is 29.0 Å². The van der Waals surface area contributed by atoms with Gasteiger partial charge in [-0.15, -0.1) is 23.5 Å². The van der Waals surface area contributed by atoms with Gasteiger partial charge in [-0.25, -0.2) is 9.97 Å². The molecule has 0 radical (unpaired) electrons. The molecule has 6 aromatic rings. The van der Waals surface area contributed by atoms with Gasteiger partial charge in [0.15, 0.2) is 0 Å². The second kappa shape index (κ2) is 16.7. The third-order valence-electron chi connectivity index (χ3n) is 9.36. The third kappa shape index (κ3) is 8.41. The van der Waals surface area contributed by atoms with E-state index in [1.807, 2.05) is 59.9 Å². The number of aromatic nitrogens is 2. The van der Waals surface area contributed by atoms with Crippen LogP contribution in [0.5, 0.6) is 11.5 Å². The van der Waals surface area contributed by atoms with Crippen molar-refractivity contribution in [2.75, 3.05) is 11.5 Å². The van der Waals surface area contributed by atoms with Crippen LogP contribution in [0.25, 0.3) is 43.6 Å². The van der Waals surface area contributed by atoms with Gasteiger partial charge in [-0.05, 0) is 73.6 Å². The predicted octanol–water partition coefficient (Wildman–Crippen LogP) is 10.3. The number of nitrogens with one attached hydrogen (secondary N) is 2. The van der Waals surface area contributed by atoms with Gasteiger partial charge in [0.2, 0.25) is 22.1 Å². The lowest BCUT2D eigenvalue weighted by atomic mass is 10.1. The largest absolute Gasteiger partial charge is 0.426 e. The standard InChI is InChI=1S/C42H42N2O4S2/c45-39-19-7-3-4-8-20-40(46)48-30-22-24-38-34(28-30)42(32-16-10-12-18-36(32)44-38)50-26-14-6-2-1-5-13-25-49-41-31-15-9-11-17-35(31)43-37-23-21-29(47-39)27-33(37)41/h9-12,15-18,21-24,27-28H,1-8,13-14,19-20,25-26H2/p+2. The van der Waals surface area contributed by atoms with Crippen LogP contribution >= 0.6 is 23.5 Å². The first-order valence-electron chi connectivity index (χ1n) is 18.0. The Kier molecular flexibility index (Phi) is 11.5. The number of ether oxygens (including phenoxy) is 2. The number of esters is 2. The van der Waals surface area contributed by atoms with Crippen molar-refractivity contribution in [3.8, 4) is 11.5 Å². The van der Waals surface area contributed by atoms with E-state index in [0.717, 1.165) is 82.9 Å². The van der Waals surface area contributed by atoms with Crippen molar-refractivity contribution in [3.05, 3.63) is 84.9 Å².